The van der Waals surface area contributed by atoms with Crippen LogP contribution in [0.1, 0.15) is 36.9 Å². The van der Waals surface area contributed by atoms with E-state index in [0.717, 1.165) is 0 Å². The Bertz CT molecular complexity index is 661. The topological polar surface area (TPSA) is 68.9 Å². The Hall–Kier alpha value is -2.17. The van der Waals surface area contributed by atoms with E-state index in [1.54, 1.807) is 12.1 Å². The number of aromatic carboxylic acids is 1. The third-order valence-corrected chi connectivity index (χ3v) is 3.13. The minimum absolute atomic E-state index is 0.0564. The lowest BCUT2D eigenvalue weighted by atomic mass is 9.84. The summed E-state index contributed by atoms with van der Waals surface area (Å²) in [5.74, 6) is -0.0489. The molecule has 2 rings (SSSR count). The number of hydrogen-bond acceptors (Lipinski definition) is 4. The van der Waals surface area contributed by atoms with Crippen LogP contribution in [-0.4, -0.2) is 25.3 Å². The largest absolute Gasteiger partial charge is 0.496 e. The van der Waals surface area contributed by atoms with Gasteiger partial charge in [-0.25, -0.2) is 4.79 Å². The zero-order valence-corrected chi connectivity index (χ0v) is 12.2. The monoisotopic (exact) mass is 278 g/mol. The van der Waals surface area contributed by atoms with Gasteiger partial charge >= 0.3 is 5.97 Å². The predicted molar refractivity (Wildman–Crippen MR) is 75.0 cm³/mol. The Labute approximate surface area is 117 Å². The maximum atomic E-state index is 11.4. The standard InChI is InChI=1S/C15H18O5/c1-15(2,3)12-11-9(19-5)6-8(18-4)7-10(11)20-13(12)14(16)17/h6-7H,1-5H3,(H,16,17). The molecule has 0 atom stereocenters. The van der Waals surface area contributed by atoms with Crippen molar-refractivity contribution in [2.75, 3.05) is 14.2 Å². The average molecular weight is 278 g/mol. The lowest BCUT2D eigenvalue weighted by Crippen LogP contribution is -2.15. The first-order valence-corrected chi connectivity index (χ1v) is 6.22. The van der Waals surface area contributed by atoms with E-state index < -0.39 is 5.97 Å². The van der Waals surface area contributed by atoms with Crippen LogP contribution in [0.4, 0.5) is 0 Å². The summed E-state index contributed by atoms with van der Waals surface area (Å²) in [6.07, 6.45) is 0. The van der Waals surface area contributed by atoms with Gasteiger partial charge in [-0.1, -0.05) is 20.8 Å². The maximum absolute atomic E-state index is 11.4. The van der Waals surface area contributed by atoms with E-state index in [-0.39, 0.29) is 11.2 Å². The van der Waals surface area contributed by atoms with Crippen molar-refractivity contribution in [3.8, 4) is 11.5 Å². The van der Waals surface area contributed by atoms with Crippen LogP contribution < -0.4 is 9.47 Å². The quantitative estimate of drug-likeness (QED) is 0.931. The van der Waals surface area contributed by atoms with Crippen LogP contribution in [0.25, 0.3) is 11.0 Å². The molecule has 0 bridgehead atoms. The van der Waals surface area contributed by atoms with Crippen LogP contribution in [0.5, 0.6) is 11.5 Å². The Kier molecular flexibility index (Phi) is 3.38. The van der Waals surface area contributed by atoms with Crippen LogP contribution in [-0.2, 0) is 5.41 Å². The highest BCUT2D eigenvalue weighted by atomic mass is 16.5. The summed E-state index contributed by atoms with van der Waals surface area (Å²) < 4.78 is 16.1. The molecule has 0 aliphatic heterocycles. The van der Waals surface area contributed by atoms with E-state index in [0.29, 0.717) is 28.0 Å². The summed E-state index contributed by atoms with van der Waals surface area (Å²) in [5, 5.41) is 10.0. The summed E-state index contributed by atoms with van der Waals surface area (Å²) in [6.45, 7) is 5.81. The van der Waals surface area contributed by atoms with Crippen molar-refractivity contribution in [2.45, 2.75) is 26.2 Å². The molecule has 1 aromatic heterocycles. The van der Waals surface area contributed by atoms with E-state index >= 15 is 0 Å². The molecule has 0 unspecified atom stereocenters. The number of hydrogen-bond donors (Lipinski definition) is 1. The normalized spacial score (nSPS) is 11.7. The van der Waals surface area contributed by atoms with E-state index in [1.165, 1.54) is 14.2 Å². The van der Waals surface area contributed by atoms with E-state index in [1.807, 2.05) is 20.8 Å². The van der Waals surface area contributed by atoms with Gasteiger partial charge in [-0.05, 0) is 5.41 Å². The van der Waals surface area contributed by atoms with E-state index in [2.05, 4.69) is 0 Å². The number of fused-ring (bicyclic) bond motifs is 1. The molecule has 0 saturated carbocycles. The smallest absolute Gasteiger partial charge is 0.372 e. The summed E-state index contributed by atoms with van der Waals surface area (Å²) in [7, 11) is 3.07. The van der Waals surface area contributed by atoms with Crippen molar-refractivity contribution in [3.63, 3.8) is 0 Å². The molecule has 2 aromatic rings. The zero-order valence-electron chi connectivity index (χ0n) is 12.2. The Morgan fingerprint density at radius 2 is 1.85 bits per heavy atom. The number of benzene rings is 1. The first kappa shape index (κ1) is 14.2. The SMILES string of the molecule is COc1cc(OC)c2c(C(C)(C)C)c(C(=O)O)oc2c1. The number of furan rings is 1. The first-order valence-electron chi connectivity index (χ1n) is 6.22. The van der Waals surface area contributed by atoms with Gasteiger partial charge in [-0.3, -0.25) is 0 Å². The van der Waals surface area contributed by atoms with Crippen LogP contribution >= 0.6 is 0 Å². The van der Waals surface area contributed by atoms with Gasteiger partial charge < -0.3 is 19.0 Å². The fraction of sp³-hybridized carbons (Fsp3) is 0.400. The molecule has 0 radical (unpaired) electrons. The molecule has 0 fully saturated rings. The molecule has 1 heterocycles. The van der Waals surface area contributed by atoms with Crippen molar-refractivity contribution in [2.24, 2.45) is 0 Å². The lowest BCUT2D eigenvalue weighted by molar-refractivity contribution is 0.0661. The second-order valence-electron chi connectivity index (χ2n) is 5.56. The molecule has 0 spiro atoms. The zero-order chi connectivity index (χ0) is 15.1. The van der Waals surface area contributed by atoms with Crippen molar-refractivity contribution < 1.29 is 23.8 Å². The molecule has 0 amide bonds. The van der Waals surface area contributed by atoms with Crippen LogP contribution in [0.2, 0.25) is 0 Å². The third-order valence-electron chi connectivity index (χ3n) is 3.13. The molecule has 0 aliphatic carbocycles. The lowest BCUT2D eigenvalue weighted by Gasteiger charge is -2.19. The Balaban J connectivity index is 2.93. The second-order valence-corrected chi connectivity index (χ2v) is 5.56. The van der Waals surface area contributed by atoms with Crippen LogP contribution in [0.3, 0.4) is 0 Å². The maximum Gasteiger partial charge on any atom is 0.372 e. The predicted octanol–water partition coefficient (Wildman–Crippen LogP) is 3.45. The van der Waals surface area contributed by atoms with Gasteiger partial charge in [0.2, 0.25) is 5.76 Å². The number of ether oxygens (including phenoxy) is 2. The fourth-order valence-corrected chi connectivity index (χ4v) is 2.31. The van der Waals surface area contributed by atoms with Gasteiger partial charge in [0.15, 0.2) is 0 Å². The Morgan fingerprint density at radius 1 is 1.20 bits per heavy atom. The summed E-state index contributed by atoms with van der Waals surface area (Å²) in [4.78, 5) is 11.4. The van der Waals surface area contributed by atoms with Gasteiger partial charge in [-0.15, -0.1) is 0 Å². The van der Waals surface area contributed by atoms with Crippen molar-refractivity contribution in [1.82, 2.24) is 0 Å². The van der Waals surface area contributed by atoms with Gasteiger partial charge in [0.1, 0.15) is 17.1 Å². The molecule has 108 valence electrons. The number of methoxy groups -OCH3 is 2. The van der Waals surface area contributed by atoms with E-state index in [9.17, 15) is 9.90 Å². The van der Waals surface area contributed by atoms with Crippen molar-refractivity contribution >= 4 is 16.9 Å². The summed E-state index contributed by atoms with van der Waals surface area (Å²) >= 11 is 0. The number of carboxylic acids is 1. The number of carbonyl (C=O) groups is 1. The fourth-order valence-electron chi connectivity index (χ4n) is 2.31. The van der Waals surface area contributed by atoms with E-state index in [4.69, 9.17) is 13.9 Å². The minimum Gasteiger partial charge on any atom is -0.496 e. The van der Waals surface area contributed by atoms with Gasteiger partial charge in [0, 0.05) is 17.7 Å². The molecule has 1 N–H and O–H groups in total. The molecule has 5 heteroatoms. The second kappa shape index (κ2) is 4.74. The molecular formula is C15H18O5. The highest BCUT2D eigenvalue weighted by Crippen LogP contribution is 2.42. The number of rotatable bonds is 3. The summed E-state index contributed by atoms with van der Waals surface area (Å²) in [5.41, 5.74) is 0.684. The van der Waals surface area contributed by atoms with Crippen molar-refractivity contribution in [1.29, 1.82) is 0 Å². The summed E-state index contributed by atoms with van der Waals surface area (Å²) in [6, 6.07) is 3.39. The molecule has 5 nitrogen and oxygen atoms in total. The molecular weight excluding hydrogens is 260 g/mol. The third kappa shape index (κ3) is 2.19. The van der Waals surface area contributed by atoms with Gasteiger partial charge in [0.05, 0.1) is 19.6 Å². The van der Waals surface area contributed by atoms with Crippen molar-refractivity contribution in [3.05, 3.63) is 23.5 Å². The molecule has 0 aliphatic rings. The average Bonchev–Trinajstić information content (AvgIpc) is 2.76. The first-order chi connectivity index (χ1) is 9.29. The van der Waals surface area contributed by atoms with Crippen LogP contribution in [0, 0.1) is 0 Å². The van der Waals surface area contributed by atoms with Crippen LogP contribution in [0.15, 0.2) is 16.5 Å². The van der Waals surface area contributed by atoms with Gasteiger partial charge in [-0.2, -0.15) is 0 Å². The minimum atomic E-state index is -1.09. The highest BCUT2D eigenvalue weighted by Gasteiger charge is 2.31. The molecule has 0 saturated heterocycles. The molecule has 1 aromatic carbocycles. The Morgan fingerprint density at radius 3 is 2.30 bits per heavy atom. The highest BCUT2D eigenvalue weighted by molar-refractivity contribution is 5.99. The number of carboxylic acid groups (broad SMARTS) is 1. The molecule has 20 heavy (non-hydrogen) atoms. The van der Waals surface area contributed by atoms with Gasteiger partial charge in [0.25, 0.3) is 0 Å².